The molecule has 0 N–H and O–H groups in total. The number of alkyl halides is 1. The molecule has 15 heavy (non-hydrogen) atoms. The minimum absolute atomic E-state index is 0.107. The van der Waals surface area contributed by atoms with E-state index < -0.39 is 0 Å². The number of carbonyl (C=O) groups excluding carboxylic acids is 2. The Morgan fingerprint density at radius 3 is 2.73 bits per heavy atom. The fourth-order valence-electron chi connectivity index (χ4n) is 1.30. The summed E-state index contributed by atoms with van der Waals surface area (Å²) in [6.07, 6.45) is 0.582. The van der Waals surface area contributed by atoms with Crippen LogP contribution in [0.2, 0.25) is 0 Å². The highest BCUT2D eigenvalue weighted by atomic mass is 35.5. The van der Waals surface area contributed by atoms with Crippen molar-refractivity contribution < 1.29 is 9.59 Å². The Hall–Kier alpha value is -1.66. The van der Waals surface area contributed by atoms with Gasteiger partial charge in [-0.05, 0) is 18.6 Å². The molecule has 0 spiro atoms. The molecule has 0 radical (unpaired) electrons. The average molecular weight is 222 g/mol. The summed E-state index contributed by atoms with van der Waals surface area (Å²) in [7, 11) is 0. The van der Waals surface area contributed by atoms with Crippen LogP contribution < -0.4 is 0 Å². The predicted octanol–water partition coefficient (Wildman–Crippen LogP) is 2.10. The first-order chi connectivity index (χ1) is 7.15. The van der Waals surface area contributed by atoms with E-state index in [1.54, 1.807) is 13.0 Å². The van der Waals surface area contributed by atoms with Gasteiger partial charge in [0.2, 0.25) is 0 Å². The number of carbonyl (C=O) groups is 2. The molecular formula is C11H8ClNO2. The van der Waals surface area contributed by atoms with Crippen LogP contribution in [0.3, 0.4) is 0 Å². The van der Waals surface area contributed by atoms with Crippen LogP contribution in [0.5, 0.6) is 0 Å². The summed E-state index contributed by atoms with van der Waals surface area (Å²) < 4.78 is 0. The Kier molecular flexibility index (Phi) is 3.59. The molecule has 0 atom stereocenters. The molecule has 76 valence electrons. The van der Waals surface area contributed by atoms with Gasteiger partial charge in [-0.2, -0.15) is 5.26 Å². The summed E-state index contributed by atoms with van der Waals surface area (Å²) in [6, 6.07) is 5.01. The van der Waals surface area contributed by atoms with E-state index in [0.717, 1.165) is 0 Å². The molecule has 0 saturated carbocycles. The van der Waals surface area contributed by atoms with E-state index in [1.807, 2.05) is 6.07 Å². The third-order valence-electron chi connectivity index (χ3n) is 2.11. The smallest absolute Gasteiger partial charge is 0.178 e. The SMILES string of the molecule is Cc1ccc(C(=O)CCl)c(C#N)c1C=O. The molecule has 0 aliphatic carbocycles. The Morgan fingerprint density at radius 1 is 1.60 bits per heavy atom. The van der Waals surface area contributed by atoms with Crippen molar-refractivity contribution in [3.63, 3.8) is 0 Å². The minimum atomic E-state index is -0.351. The zero-order chi connectivity index (χ0) is 11.4. The number of aldehydes is 1. The lowest BCUT2D eigenvalue weighted by Gasteiger charge is -2.05. The molecule has 0 aliphatic rings. The van der Waals surface area contributed by atoms with Crippen molar-refractivity contribution in [2.45, 2.75) is 6.92 Å². The zero-order valence-electron chi connectivity index (χ0n) is 8.08. The zero-order valence-corrected chi connectivity index (χ0v) is 8.84. The van der Waals surface area contributed by atoms with Gasteiger partial charge < -0.3 is 0 Å². The number of hydrogen-bond acceptors (Lipinski definition) is 3. The molecule has 0 aromatic heterocycles. The van der Waals surface area contributed by atoms with Crippen LogP contribution in [0.15, 0.2) is 12.1 Å². The highest BCUT2D eigenvalue weighted by Crippen LogP contribution is 2.17. The van der Waals surface area contributed by atoms with Crippen molar-refractivity contribution in [3.05, 3.63) is 34.4 Å². The first-order valence-corrected chi connectivity index (χ1v) is 4.77. The van der Waals surface area contributed by atoms with Gasteiger partial charge in [0.05, 0.1) is 11.4 Å². The normalized spacial score (nSPS) is 9.40. The van der Waals surface area contributed by atoms with Crippen molar-refractivity contribution in [1.82, 2.24) is 0 Å². The van der Waals surface area contributed by atoms with E-state index in [-0.39, 0.29) is 28.4 Å². The lowest BCUT2D eigenvalue weighted by Crippen LogP contribution is -2.06. The van der Waals surface area contributed by atoms with Crippen LogP contribution in [0.1, 0.15) is 31.8 Å². The van der Waals surface area contributed by atoms with Gasteiger partial charge in [-0.25, -0.2) is 0 Å². The number of ketones is 1. The molecule has 0 saturated heterocycles. The van der Waals surface area contributed by atoms with Gasteiger partial charge in [0.1, 0.15) is 6.07 Å². The fourth-order valence-corrected chi connectivity index (χ4v) is 1.44. The van der Waals surface area contributed by atoms with Crippen molar-refractivity contribution in [2.75, 3.05) is 5.88 Å². The van der Waals surface area contributed by atoms with Crippen molar-refractivity contribution in [3.8, 4) is 6.07 Å². The average Bonchev–Trinajstić information content (AvgIpc) is 2.27. The molecule has 1 aromatic rings. The standard InChI is InChI=1S/C11H8ClNO2/c1-7-2-3-8(11(15)4-12)9(5-13)10(7)6-14/h2-3,6H,4H2,1H3. The number of Topliss-reactive ketones (excluding diaryl/α,β-unsaturated/α-hetero) is 1. The largest absolute Gasteiger partial charge is 0.298 e. The predicted molar refractivity (Wildman–Crippen MR) is 56.3 cm³/mol. The van der Waals surface area contributed by atoms with E-state index in [1.165, 1.54) is 6.07 Å². The number of aryl methyl sites for hydroxylation is 1. The van der Waals surface area contributed by atoms with Gasteiger partial charge in [-0.1, -0.05) is 6.07 Å². The number of nitrogens with zero attached hydrogens (tertiary/aromatic N) is 1. The molecule has 0 unspecified atom stereocenters. The maximum atomic E-state index is 11.4. The maximum absolute atomic E-state index is 11.4. The first-order valence-electron chi connectivity index (χ1n) is 4.23. The molecule has 0 fully saturated rings. The van der Waals surface area contributed by atoms with E-state index in [4.69, 9.17) is 16.9 Å². The third kappa shape index (κ3) is 2.05. The number of halogens is 1. The molecule has 0 bridgehead atoms. The van der Waals surface area contributed by atoms with Crippen LogP contribution in [0.4, 0.5) is 0 Å². The maximum Gasteiger partial charge on any atom is 0.178 e. The van der Waals surface area contributed by atoms with Crippen LogP contribution in [-0.2, 0) is 0 Å². The second-order valence-corrected chi connectivity index (χ2v) is 3.27. The van der Waals surface area contributed by atoms with Gasteiger partial charge in [-0.15, -0.1) is 11.6 Å². The van der Waals surface area contributed by atoms with Crippen molar-refractivity contribution in [2.24, 2.45) is 0 Å². The number of rotatable bonds is 3. The van der Waals surface area contributed by atoms with E-state index >= 15 is 0 Å². The molecule has 0 amide bonds. The quantitative estimate of drug-likeness (QED) is 0.446. The number of benzene rings is 1. The van der Waals surface area contributed by atoms with Gasteiger partial charge in [-0.3, -0.25) is 9.59 Å². The molecule has 1 aromatic carbocycles. The third-order valence-corrected chi connectivity index (χ3v) is 2.36. The Bertz CT molecular complexity index is 460. The van der Waals surface area contributed by atoms with Crippen LogP contribution in [-0.4, -0.2) is 17.9 Å². The number of hydrogen-bond donors (Lipinski definition) is 0. The van der Waals surface area contributed by atoms with Crippen LogP contribution in [0, 0.1) is 18.3 Å². The van der Waals surface area contributed by atoms with Gasteiger partial charge in [0, 0.05) is 11.1 Å². The molecule has 3 nitrogen and oxygen atoms in total. The van der Waals surface area contributed by atoms with Crippen LogP contribution in [0.25, 0.3) is 0 Å². The second-order valence-electron chi connectivity index (χ2n) is 3.01. The highest BCUT2D eigenvalue weighted by molar-refractivity contribution is 6.30. The summed E-state index contributed by atoms with van der Waals surface area (Å²) >= 11 is 5.40. The molecular weight excluding hydrogens is 214 g/mol. The Balaban J connectivity index is 3.50. The monoisotopic (exact) mass is 221 g/mol. The van der Waals surface area contributed by atoms with Gasteiger partial charge in [0.15, 0.2) is 12.1 Å². The molecule has 1 rings (SSSR count). The highest BCUT2D eigenvalue weighted by Gasteiger charge is 2.15. The van der Waals surface area contributed by atoms with Gasteiger partial charge >= 0.3 is 0 Å². The lowest BCUT2D eigenvalue weighted by atomic mass is 9.96. The Morgan fingerprint density at radius 2 is 2.27 bits per heavy atom. The fraction of sp³-hybridized carbons (Fsp3) is 0.182. The minimum Gasteiger partial charge on any atom is -0.298 e. The molecule has 4 heteroatoms. The topological polar surface area (TPSA) is 57.9 Å². The summed E-state index contributed by atoms with van der Waals surface area (Å²) in [5.74, 6) is -0.549. The summed E-state index contributed by atoms with van der Waals surface area (Å²) in [5.41, 5.74) is 1.25. The lowest BCUT2D eigenvalue weighted by molar-refractivity contribution is 0.102. The number of nitriles is 1. The summed E-state index contributed by atoms with van der Waals surface area (Å²) in [6.45, 7) is 1.71. The molecule has 0 heterocycles. The molecule has 0 aliphatic heterocycles. The summed E-state index contributed by atoms with van der Waals surface area (Å²) in [4.78, 5) is 22.1. The van der Waals surface area contributed by atoms with Crippen LogP contribution >= 0.6 is 11.6 Å². The van der Waals surface area contributed by atoms with E-state index in [9.17, 15) is 9.59 Å². The van der Waals surface area contributed by atoms with E-state index in [0.29, 0.717) is 11.8 Å². The van der Waals surface area contributed by atoms with Crippen molar-refractivity contribution in [1.29, 1.82) is 5.26 Å². The van der Waals surface area contributed by atoms with E-state index in [2.05, 4.69) is 0 Å². The first kappa shape index (κ1) is 11.4. The Labute approximate surface area is 92.3 Å². The summed E-state index contributed by atoms with van der Waals surface area (Å²) in [5, 5.41) is 8.90. The second kappa shape index (κ2) is 4.72. The van der Waals surface area contributed by atoms with Crippen molar-refractivity contribution >= 4 is 23.7 Å². The van der Waals surface area contributed by atoms with Gasteiger partial charge in [0.25, 0.3) is 0 Å².